The van der Waals surface area contributed by atoms with Crippen LogP contribution < -0.4 is 4.74 Å². The van der Waals surface area contributed by atoms with E-state index in [4.69, 9.17) is 4.74 Å². The lowest BCUT2D eigenvalue weighted by molar-refractivity contribution is 0.649. The van der Waals surface area contributed by atoms with E-state index >= 15 is 0 Å². The molecule has 0 bridgehead atoms. The van der Waals surface area contributed by atoms with Crippen molar-refractivity contribution in [2.45, 2.75) is 6.92 Å². The maximum absolute atomic E-state index is 5.17. The molecule has 0 saturated heterocycles. The van der Waals surface area contributed by atoms with Crippen LogP contribution in [0, 0.1) is 0 Å². The van der Waals surface area contributed by atoms with Crippen molar-refractivity contribution >= 4 is 6.08 Å². The van der Waals surface area contributed by atoms with Crippen molar-refractivity contribution in [2.24, 2.45) is 0 Å². The highest BCUT2D eigenvalue weighted by molar-refractivity contribution is 5.69. The second kappa shape index (κ2) is 1.87. The number of fused-ring (bicyclic) bond motifs is 1. The Morgan fingerprint density at radius 1 is 1.40 bits per heavy atom. The topological polar surface area (TPSA) is 12.5 Å². The zero-order chi connectivity index (χ0) is 6.97. The van der Waals surface area contributed by atoms with Crippen LogP contribution in [-0.4, -0.2) is 0 Å². The third-order valence-electron chi connectivity index (χ3n) is 1.53. The largest absolute Gasteiger partial charge is 0.449 e. The van der Waals surface area contributed by atoms with Gasteiger partial charge in [-0.25, -0.2) is 0 Å². The summed E-state index contributed by atoms with van der Waals surface area (Å²) in [4.78, 5) is 0. The molecule has 2 rings (SSSR count). The van der Waals surface area contributed by atoms with Crippen LogP contribution in [-0.2, 0) is 0 Å². The molecule has 0 aromatic heterocycles. The first-order valence-corrected chi connectivity index (χ1v) is 3.35. The second-order valence-electron chi connectivity index (χ2n) is 2.28. The van der Waals surface area contributed by atoms with Crippen LogP contribution in [0.25, 0.3) is 6.08 Å². The summed E-state index contributed by atoms with van der Waals surface area (Å²) in [7, 11) is 0. The average Bonchev–Trinajstić information content (AvgIpc) is 2.67. The van der Waals surface area contributed by atoms with E-state index in [1.54, 1.807) is 0 Å². The third kappa shape index (κ3) is 0.711. The fourth-order valence-electron chi connectivity index (χ4n) is 1.02. The molecule has 0 radical (unpaired) electrons. The van der Waals surface area contributed by atoms with Gasteiger partial charge in [0.25, 0.3) is 0 Å². The monoisotopic (exact) mass is 132 g/mol. The van der Waals surface area contributed by atoms with Gasteiger partial charge in [0.15, 0.2) is 11.5 Å². The summed E-state index contributed by atoms with van der Waals surface area (Å²) in [5.74, 6) is 2.07. The van der Waals surface area contributed by atoms with Gasteiger partial charge in [-0.15, -0.1) is 0 Å². The minimum atomic E-state index is 1.02. The Hall–Kier alpha value is -1.24. The summed E-state index contributed by atoms with van der Waals surface area (Å²) in [5.41, 5.74) is 1.18. The van der Waals surface area contributed by atoms with E-state index in [2.05, 4.69) is 0 Å². The quantitative estimate of drug-likeness (QED) is 0.543. The van der Waals surface area contributed by atoms with Crippen LogP contribution in [0.2, 0.25) is 0 Å². The SMILES string of the molecule is CC=Cc1cccc2c1O2. The van der Waals surface area contributed by atoms with Crippen LogP contribution in [0.3, 0.4) is 0 Å². The van der Waals surface area contributed by atoms with E-state index in [1.165, 1.54) is 5.56 Å². The molecule has 0 amide bonds. The molecule has 0 saturated carbocycles. The van der Waals surface area contributed by atoms with Gasteiger partial charge in [-0.3, -0.25) is 0 Å². The first-order chi connectivity index (χ1) is 4.92. The zero-order valence-corrected chi connectivity index (χ0v) is 5.79. The van der Waals surface area contributed by atoms with E-state index < -0.39 is 0 Å². The van der Waals surface area contributed by atoms with Crippen molar-refractivity contribution in [2.75, 3.05) is 0 Å². The maximum Gasteiger partial charge on any atom is 0.177 e. The number of hydrogen-bond acceptors (Lipinski definition) is 1. The normalized spacial score (nSPS) is 12.9. The molecule has 0 unspecified atom stereocenters. The summed E-state index contributed by atoms with van der Waals surface area (Å²) in [6.45, 7) is 2.00. The molecule has 1 heteroatoms. The van der Waals surface area contributed by atoms with Crippen molar-refractivity contribution in [3.63, 3.8) is 0 Å². The number of hydrogen-bond donors (Lipinski definition) is 0. The fraction of sp³-hybridized carbons (Fsp3) is 0.111. The van der Waals surface area contributed by atoms with Crippen molar-refractivity contribution in [1.82, 2.24) is 0 Å². The van der Waals surface area contributed by atoms with Gasteiger partial charge in [0.05, 0.1) is 0 Å². The molecule has 1 nitrogen and oxygen atoms in total. The van der Waals surface area contributed by atoms with E-state index in [0.717, 1.165) is 11.5 Å². The van der Waals surface area contributed by atoms with Gasteiger partial charge >= 0.3 is 0 Å². The predicted octanol–water partition coefficient (Wildman–Crippen LogP) is 2.83. The maximum atomic E-state index is 5.17. The molecule has 10 heavy (non-hydrogen) atoms. The Bertz CT molecular complexity index is 287. The lowest BCUT2D eigenvalue weighted by Crippen LogP contribution is -1.60. The van der Waals surface area contributed by atoms with Gasteiger partial charge in [0.2, 0.25) is 0 Å². The van der Waals surface area contributed by atoms with E-state index in [0.29, 0.717) is 0 Å². The molecule has 0 N–H and O–H groups in total. The molecule has 1 aromatic rings. The molecular formula is C9H8O. The van der Waals surface area contributed by atoms with Gasteiger partial charge in [-0.1, -0.05) is 24.3 Å². The van der Waals surface area contributed by atoms with E-state index in [1.807, 2.05) is 37.3 Å². The first-order valence-electron chi connectivity index (χ1n) is 3.35. The average molecular weight is 132 g/mol. The van der Waals surface area contributed by atoms with Gasteiger partial charge < -0.3 is 4.74 Å². The van der Waals surface area contributed by atoms with Crippen molar-refractivity contribution < 1.29 is 4.74 Å². The van der Waals surface area contributed by atoms with Gasteiger partial charge in [-0.05, 0) is 13.0 Å². The van der Waals surface area contributed by atoms with Crippen molar-refractivity contribution in [3.8, 4) is 11.5 Å². The number of benzene rings is 1. The number of allylic oxidation sites excluding steroid dienone is 1. The number of rotatable bonds is 1. The molecule has 50 valence electrons. The molecule has 1 heterocycles. The Kier molecular flexibility index (Phi) is 1.04. The molecular weight excluding hydrogens is 124 g/mol. The Balaban J connectivity index is 2.46. The second-order valence-corrected chi connectivity index (χ2v) is 2.28. The molecule has 0 spiro atoms. The number of ether oxygens (including phenoxy) is 1. The highest BCUT2D eigenvalue weighted by Crippen LogP contribution is 2.48. The fourth-order valence-corrected chi connectivity index (χ4v) is 1.02. The van der Waals surface area contributed by atoms with Crippen LogP contribution >= 0.6 is 0 Å². The summed E-state index contributed by atoms with van der Waals surface area (Å²) in [5, 5.41) is 0. The highest BCUT2D eigenvalue weighted by atomic mass is 16.6. The highest BCUT2D eigenvalue weighted by Gasteiger charge is 2.21. The van der Waals surface area contributed by atoms with Gasteiger partial charge in [0.1, 0.15) is 0 Å². The molecule has 1 aliphatic rings. The van der Waals surface area contributed by atoms with Crippen molar-refractivity contribution in [3.05, 3.63) is 29.8 Å². The Morgan fingerprint density at radius 2 is 2.30 bits per heavy atom. The molecule has 1 aliphatic heterocycles. The van der Waals surface area contributed by atoms with Crippen LogP contribution in [0.1, 0.15) is 12.5 Å². The Morgan fingerprint density at radius 3 is 3.10 bits per heavy atom. The van der Waals surface area contributed by atoms with Gasteiger partial charge in [-0.2, -0.15) is 0 Å². The Labute approximate surface area is 59.9 Å². The van der Waals surface area contributed by atoms with E-state index in [-0.39, 0.29) is 0 Å². The van der Waals surface area contributed by atoms with Crippen LogP contribution in [0.5, 0.6) is 11.5 Å². The van der Waals surface area contributed by atoms with Crippen LogP contribution in [0.4, 0.5) is 0 Å². The summed E-state index contributed by atoms with van der Waals surface area (Å²) in [6.07, 6.45) is 4.06. The standard InChI is InChI=1S/C9H8O/c1-2-4-7-5-3-6-8-9(7)10-8/h2-6H,1H3. The smallest absolute Gasteiger partial charge is 0.177 e. The lowest BCUT2D eigenvalue weighted by Gasteiger charge is -1.82. The molecule has 1 aromatic carbocycles. The van der Waals surface area contributed by atoms with Gasteiger partial charge in [0, 0.05) is 5.56 Å². The van der Waals surface area contributed by atoms with E-state index in [9.17, 15) is 0 Å². The lowest BCUT2D eigenvalue weighted by atomic mass is 10.2. The minimum Gasteiger partial charge on any atom is -0.449 e. The zero-order valence-electron chi connectivity index (χ0n) is 5.79. The molecule has 0 aliphatic carbocycles. The molecule has 0 fully saturated rings. The molecule has 0 atom stereocenters. The van der Waals surface area contributed by atoms with Crippen molar-refractivity contribution in [1.29, 1.82) is 0 Å². The predicted molar refractivity (Wildman–Crippen MR) is 41.2 cm³/mol. The summed E-state index contributed by atoms with van der Waals surface area (Å²) >= 11 is 0. The minimum absolute atomic E-state index is 1.02. The number of para-hydroxylation sites is 1. The summed E-state index contributed by atoms with van der Waals surface area (Å²) < 4.78 is 5.17. The third-order valence-corrected chi connectivity index (χ3v) is 1.53. The first kappa shape index (κ1) is 5.54. The summed E-state index contributed by atoms with van der Waals surface area (Å²) in [6, 6.07) is 6.02. The van der Waals surface area contributed by atoms with Crippen LogP contribution in [0.15, 0.2) is 24.3 Å².